The summed E-state index contributed by atoms with van der Waals surface area (Å²) in [6.07, 6.45) is 1.11. The van der Waals surface area contributed by atoms with E-state index >= 15 is 0 Å². The zero-order chi connectivity index (χ0) is 15.5. The smallest absolute Gasteiger partial charge is 0.251 e. The third kappa shape index (κ3) is 4.13. The number of rotatable bonds is 4. The van der Waals surface area contributed by atoms with Gasteiger partial charge < -0.3 is 5.32 Å². The van der Waals surface area contributed by atoms with Gasteiger partial charge in [0.15, 0.2) is 9.84 Å². The fourth-order valence-electron chi connectivity index (χ4n) is 1.84. The summed E-state index contributed by atoms with van der Waals surface area (Å²) in [6.45, 7) is 2.17. The fourth-order valence-corrected chi connectivity index (χ4v) is 2.51. The number of benzene rings is 1. The Bertz CT molecular complexity index is 770. The van der Waals surface area contributed by atoms with Crippen LogP contribution in [0, 0.1) is 6.92 Å². The lowest BCUT2D eigenvalue weighted by Crippen LogP contribution is -2.23. The lowest BCUT2D eigenvalue weighted by molar-refractivity contribution is 0.0950. The second-order valence-electron chi connectivity index (χ2n) is 4.75. The number of carbonyl (C=O) groups is 1. The molecule has 2 rings (SSSR count). The standard InChI is InChI=1S/C15H16N2O3S/c1-11-5-3-7-13(17-11)10-16-15(18)12-6-4-8-14(9-12)21(2,19)20/h3-9H,10H2,1-2H3,(H,16,18). The summed E-state index contributed by atoms with van der Waals surface area (Å²) in [5.74, 6) is -0.330. The maximum atomic E-state index is 12.0. The molecule has 1 amide bonds. The number of carbonyl (C=O) groups excluding carboxylic acids is 1. The second-order valence-corrected chi connectivity index (χ2v) is 6.77. The zero-order valence-electron chi connectivity index (χ0n) is 11.8. The molecule has 0 bridgehead atoms. The SMILES string of the molecule is Cc1cccc(CNC(=O)c2cccc(S(C)(=O)=O)c2)n1. The van der Waals surface area contributed by atoms with E-state index in [1.54, 1.807) is 12.1 Å². The molecule has 0 atom stereocenters. The van der Waals surface area contributed by atoms with E-state index in [2.05, 4.69) is 10.3 Å². The molecule has 0 aliphatic heterocycles. The first-order valence-electron chi connectivity index (χ1n) is 6.37. The van der Waals surface area contributed by atoms with Crippen molar-refractivity contribution in [3.63, 3.8) is 0 Å². The minimum atomic E-state index is -3.32. The molecule has 2 aromatic rings. The van der Waals surface area contributed by atoms with Crippen LogP contribution in [0.3, 0.4) is 0 Å². The molecule has 0 saturated heterocycles. The number of pyridine rings is 1. The predicted octanol–water partition coefficient (Wildman–Crippen LogP) is 1.72. The van der Waals surface area contributed by atoms with Crippen molar-refractivity contribution >= 4 is 15.7 Å². The second kappa shape index (κ2) is 6.05. The summed E-state index contributed by atoms with van der Waals surface area (Å²) in [5.41, 5.74) is 1.94. The summed E-state index contributed by atoms with van der Waals surface area (Å²) >= 11 is 0. The van der Waals surface area contributed by atoms with Crippen LogP contribution in [0.15, 0.2) is 47.4 Å². The van der Waals surface area contributed by atoms with Crippen molar-refractivity contribution in [2.75, 3.05) is 6.26 Å². The first-order valence-corrected chi connectivity index (χ1v) is 8.26. The predicted molar refractivity (Wildman–Crippen MR) is 79.7 cm³/mol. The minimum absolute atomic E-state index is 0.129. The Balaban J connectivity index is 2.11. The van der Waals surface area contributed by atoms with Crippen LogP contribution in [-0.2, 0) is 16.4 Å². The summed E-state index contributed by atoms with van der Waals surface area (Å²) in [7, 11) is -3.32. The monoisotopic (exact) mass is 304 g/mol. The van der Waals surface area contributed by atoms with Gasteiger partial charge in [0.25, 0.3) is 5.91 Å². The van der Waals surface area contributed by atoms with Crippen molar-refractivity contribution in [3.8, 4) is 0 Å². The summed E-state index contributed by atoms with van der Waals surface area (Å²) < 4.78 is 23.0. The number of hydrogen-bond donors (Lipinski definition) is 1. The number of aryl methyl sites for hydroxylation is 1. The van der Waals surface area contributed by atoms with E-state index in [0.717, 1.165) is 17.6 Å². The molecule has 0 saturated carbocycles. The van der Waals surface area contributed by atoms with E-state index in [1.807, 2.05) is 25.1 Å². The van der Waals surface area contributed by atoms with Gasteiger partial charge in [-0.25, -0.2) is 8.42 Å². The highest BCUT2D eigenvalue weighted by atomic mass is 32.2. The Morgan fingerprint density at radius 1 is 1.19 bits per heavy atom. The number of aromatic nitrogens is 1. The van der Waals surface area contributed by atoms with Gasteiger partial charge in [-0.3, -0.25) is 9.78 Å². The Morgan fingerprint density at radius 3 is 2.57 bits per heavy atom. The Hall–Kier alpha value is -2.21. The molecule has 0 fully saturated rings. The fraction of sp³-hybridized carbons (Fsp3) is 0.200. The lowest BCUT2D eigenvalue weighted by Gasteiger charge is -2.06. The average molecular weight is 304 g/mol. The molecule has 0 radical (unpaired) electrons. The summed E-state index contributed by atoms with van der Waals surface area (Å²) in [6, 6.07) is 11.5. The van der Waals surface area contributed by atoms with Crippen molar-refractivity contribution in [2.24, 2.45) is 0 Å². The molecule has 1 aromatic carbocycles. The molecule has 1 N–H and O–H groups in total. The molecule has 0 unspecified atom stereocenters. The van der Waals surface area contributed by atoms with Crippen molar-refractivity contribution < 1.29 is 13.2 Å². The molecule has 1 aromatic heterocycles. The van der Waals surface area contributed by atoms with Crippen LogP contribution in [0.5, 0.6) is 0 Å². The number of hydrogen-bond acceptors (Lipinski definition) is 4. The normalized spacial score (nSPS) is 11.1. The van der Waals surface area contributed by atoms with Crippen LogP contribution in [-0.4, -0.2) is 25.6 Å². The topological polar surface area (TPSA) is 76.1 Å². The van der Waals surface area contributed by atoms with E-state index in [0.29, 0.717) is 12.1 Å². The lowest BCUT2D eigenvalue weighted by atomic mass is 10.2. The first kappa shape index (κ1) is 15.2. The molecule has 6 heteroatoms. The number of sulfone groups is 1. The molecule has 0 spiro atoms. The van der Waals surface area contributed by atoms with Gasteiger partial charge in [-0.05, 0) is 37.3 Å². The van der Waals surface area contributed by atoms with Crippen LogP contribution in [0.2, 0.25) is 0 Å². The van der Waals surface area contributed by atoms with E-state index in [9.17, 15) is 13.2 Å². The molecule has 1 heterocycles. The van der Waals surface area contributed by atoms with E-state index < -0.39 is 9.84 Å². The van der Waals surface area contributed by atoms with Gasteiger partial charge in [0.2, 0.25) is 0 Å². The van der Waals surface area contributed by atoms with Crippen LogP contribution in [0.4, 0.5) is 0 Å². The summed E-state index contributed by atoms with van der Waals surface area (Å²) in [4.78, 5) is 16.5. The highest BCUT2D eigenvalue weighted by molar-refractivity contribution is 7.90. The third-order valence-electron chi connectivity index (χ3n) is 2.90. The Labute approximate surface area is 124 Å². The number of nitrogens with one attached hydrogen (secondary N) is 1. The number of nitrogens with zero attached hydrogens (tertiary/aromatic N) is 1. The van der Waals surface area contributed by atoms with Gasteiger partial charge in [0.05, 0.1) is 17.1 Å². The molecule has 21 heavy (non-hydrogen) atoms. The van der Waals surface area contributed by atoms with Gasteiger partial charge in [0, 0.05) is 17.5 Å². The van der Waals surface area contributed by atoms with E-state index in [1.165, 1.54) is 12.1 Å². The van der Waals surface area contributed by atoms with Gasteiger partial charge >= 0.3 is 0 Å². The molecule has 110 valence electrons. The average Bonchev–Trinajstić information content (AvgIpc) is 2.44. The van der Waals surface area contributed by atoms with Gasteiger partial charge in [0.1, 0.15) is 0 Å². The molecular weight excluding hydrogens is 288 g/mol. The van der Waals surface area contributed by atoms with Crippen molar-refractivity contribution in [3.05, 3.63) is 59.4 Å². The maximum absolute atomic E-state index is 12.0. The van der Waals surface area contributed by atoms with Crippen LogP contribution < -0.4 is 5.32 Å². The third-order valence-corrected chi connectivity index (χ3v) is 4.01. The molecule has 5 nitrogen and oxygen atoms in total. The molecule has 0 aliphatic rings. The minimum Gasteiger partial charge on any atom is -0.346 e. The van der Waals surface area contributed by atoms with Crippen molar-refractivity contribution in [1.29, 1.82) is 0 Å². The Kier molecular flexibility index (Phi) is 4.37. The van der Waals surface area contributed by atoms with E-state index in [4.69, 9.17) is 0 Å². The Morgan fingerprint density at radius 2 is 1.90 bits per heavy atom. The summed E-state index contributed by atoms with van der Waals surface area (Å²) in [5, 5.41) is 2.72. The first-order chi connectivity index (χ1) is 9.86. The zero-order valence-corrected chi connectivity index (χ0v) is 12.6. The molecule has 0 aliphatic carbocycles. The highest BCUT2D eigenvalue weighted by Gasteiger charge is 2.11. The largest absolute Gasteiger partial charge is 0.346 e. The van der Waals surface area contributed by atoms with Gasteiger partial charge in [-0.15, -0.1) is 0 Å². The van der Waals surface area contributed by atoms with Crippen LogP contribution >= 0.6 is 0 Å². The quantitative estimate of drug-likeness (QED) is 0.933. The van der Waals surface area contributed by atoms with Crippen molar-refractivity contribution in [1.82, 2.24) is 10.3 Å². The van der Waals surface area contributed by atoms with E-state index in [-0.39, 0.29) is 10.8 Å². The van der Waals surface area contributed by atoms with Gasteiger partial charge in [-0.1, -0.05) is 12.1 Å². The van der Waals surface area contributed by atoms with Crippen molar-refractivity contribution in [2.45, 2.75) is 18.4 Å². The number of amides is 1. The van der Waals surface area contributed by atoms with Crippen LogP contribution in [0.1, 0.15) is 21.7 Å². The maximum Gasteiger partial charge on any atom is 0.251 e. The van der Waals surface area contributed by atoms with Gasteiger partial charge in [-0.2, -0.15) is 0 Å². The highest BCUT2D eigenvalue weighted by Crippen LogP contribution is 2.11. The molecular formula is C15H16N2O3S. The van der Waals surface area contributed by atoms with Crippen LogP contribution in [0.25, 0.3) is 0 Å².